The first-order valence-corrected chi connectivity index (χ1v) is 11.1. The number of fused-ring (bicyclic) bond motifs is 3. The Bertz CT molecular complexity index is 923. The average Bonchev–Trinajstić information content (AvgIpc) is 3.25. The fourth-order valence-electron chi connectivity index (χ4n) is 4.14. The van der Waals surface area contributed by atoms with Gasteiger partial charge in [-0.05, 0) is 38.2 Å². The lowest BCUT2D eigenvalue weighted by Crippen LogP contribution is -2.46. The van der Waals surface area contributed by atoms with Crippen molar-refractivity contribution < 1.29 is 0 Å². The normalized spacial score (nSPS) is 18.4. The van der Waals surface area contributed by atoms with Crippen molar-refractivity contribution >= 4 is 38.7 Å². The Balaban J connectivity index is 1.36. The average molecular weight is 386 g/mol. The van der Waals surface area contributed by atoms with E-state index in [1.54, 1.807) is 22.5 Å². The minimum Gasteiger partial charge on any atom is -0.353 e. The zero-order valence-corrected chi connectivity index (χ0v) is 16.7. The molecule has 1 aliphatic heterocycles. The maximum atomic E-state index is 4.72. The summed E-state index contributed by atoms with van der Waals surface area (Å²) in [6, 6.07) is 0. The molecule has 3 aromatic rings. The van der Waals surface area contributed by atoms with E-state index >= 15 is 0 Å². The summed E-state index contributed by atoms with van der Waals surface area (Å²) in [5, 5.41) is 4.69. The van der Waals surface area contributed by atoms with Gasteiger partial charge in [0.05, 0.1) is 16.1 Å². The van der Waals surface area contributed by atoms with Gasteiger partial charge in [0.15, 0.2) is 0 Å². The quantitative estimate of drug-likeness (QED) is 0.688. The smallest absolute Gasteiger partial charge is 0.141 e. The lowest BCUT2D eigenvalue weighted by atomic mass is 9.97. The lowest BCUT2D eigenvalue weighted by molar-refractivity contribution is 0.247. The van der Waals surface area contributed by atoms with Gasteiger partial charge in [0.25, 0.3) is 0 Å². The Morgan fingerprint density at radius 2 is 1.92 bits per heavy atom. The van der Waals surface area contributed by atoms with E-state index < -0.39 is 0 Å². The zero-order chi connectivity index (χ0) is 17.5. The minimum absolute atomic E-state index is 0.964. The van der Waals surface area contributed by atoms with Crippen molar-refractivity contribution in [3.63, 3.8) is 0 Å². The van der Waals surface area contributed by atoms with Crippen molar-refractivity contribution in [3.8, 4) is 0 Å². The van der Waals surface area contributed by atoms with Gasteiger partial charge in [0.2, 0.25) is 0 Å². The highest BCUT2D eigenvalue weighted by Crippen LogP contribution is 2.39. The summed E-state index contributed by atoms with van der Waals surface area (Å²) >= 11 is 3.63. The topological polar surface area (TPSA) is 45.2 Å². The van der Waals surface area contributed by atoms with E-state index in [4.69, 9.17) is 4.98 Å². The predicted octanol–water partition coefficient (Wildman–Crippen LogP) is 3.66. The van der Waals surface area contributed by atoms with Gasteiger partial charge in [0.1, 0.15) is 17.0 Å². The highest BCUT2D eigenvalue weighted by Gasteiger charge is 2.25. The van der Waals surface area contributed by atoms with Gasteiger partial charge in [-0.15, -0.1) is 22.7 Å². The maximum absolute atomic E-state index is 4.72. The highest BCUT2D eigenvalue weighted by molar-refractivity contribution is 7.19. The minimum atomic E-state index is 0.964. The number of hydrogen-bond acceptors (Lipinski definition) is 7. The van der Waals surface area contributed by atoms with Gasteiger partial charge >= 0.3 is 0 Å². The van der Waals surface area contributed by atoms with Crippen LogP contribution in [0.4, 0.5) is 5.82 Å². The van der Waals surface area contributed by atoms with Crippen LogP contribution in [-0.2, 0) is 19.4 Å². The summed E-state index contributed by atoms with van der Waals surface area (Å²) in [6.45, 7) is 7.22. The summed E-state index contributed by atoms with van der Waals surface area (Å²) < 4.78 is 0. The Morgan fingerprint density at radius 3 is 2.73 bits per heavy atom. The number of nitrogens with zero attached hydrogens (tertiary/aromatic N) is 5. The van der Waals surface area contributed by atoms with Crippen LogP contribution in [0.1, 0.15) is 34.0 Å². The summed E-state index contributed by atoms with van der Waals surface area (Å²) in [7, 11) is 0. The molecule has 0 unspecified atom stereocenters. The Kier molecular flexibility index (Phi) is 4.38. The van der Waals surface area contributed by atoms with Crippen LogP contribution in [0.5, 0.6) is 0 Å². The third kappa shape index (κ3) is 3.02. The molecule has 0 saturated carbocycles. The molecule has 7 heteroatoms. The summed E-state index contributed by atoms with van der Waals surface area (Å²) in [5.74, 6) is 1.17. The van der Waals surface area contributed by atoms with Crippen molar-refractivity contribution in [3.05, 3.63) is 32.8 Å². The van der Waals surface area contributed by atoms with Gasteiger partial charge in [-0.3, -0.25) is 4.90 Å². The van der Waals surface area contributed by atoms with Crippen molar-refractivity contribution in [1.82, 2.24) is 19.9 Å². The molecule has 136 valence electrons. The molecule has 0 amide bonds. The van der Waals surface area contributed by atoms with Gasteiger partial charge in [-0.25, -0.2) is 15.0 Å². The molecule has 0 atom stereocenters. The van der Waals surface area contributed by atoms with Crippen LogP contribution >= 0.6 is 22.7 Å². The molecule has 0 aromatic carbocycles. The third-order valence-electron chi connectivity index (χ3n) is 5.46. The first-order valence-electron chi connectivity index (χ1n) is 9.41. The number of anilines is 1. The Hall–Kier alpha value is -1.57. The van der Waals surface area contributed by atoms with Crippen LogP contribution in [0.25, 0.3) is 10.2 Å². The molecule has 1 fully saturated rings. The standard InChI is InChI=1S/C19H23N5S2/c1-13-22-14(11-25-13)10-23-6-8-24(9-7-23)18-17-15-4-2-3-5-16(15)26-19(17)21-12-20-18/h11-12H,2-10H2,1H3. The van der Waals surface area contributed by atoms with Crippen molar-refractivity contribution in [2.45, 2.75) is 39.2 Å². The largest absolute Gasteiger partial charge is 0.353 e. The van der Waals surface area contributed by atoms with Crippen LogP contribution in [0.2, 0.25) is 0 Å². The number of aromatic nitrogens is 3. The molecular formula is C19H23N5S2. The van der Waals surface area contributed by atoms with E-state index in [0.717, 1.165) is 37.7 Å². The van der Waals surface area contributed by atoms with E-state index in [2.05, 4.69) is 32.1 Å². The molecule has 0 radical (unpaired) electrons. The van der Waals surface area contributed by atoms with Gasteiger partial charge in [0, 0.05) is 43.0 Å². The van der Waals surface area contributed by atoms with Crippen molar-refractivity contribution in [1.29, 1.82) is 0 Å². The molecule has 26 heavy (non-hydrogen) atoms. The molecular weight excluding hydrogens is 362 g/mol. The number of rotatable bonds is 3. The summed E-state index contributed by atoms with van der Waals surface area (Å²) in [5.41, 5.74) is 2.74. The van der Waals surface area contributed by atoms with Crippen molar-refractivity contribution in [2.75, 3.05) is 31.1 Å². The lowest BCUT2D eigenvalue weighted by Gasteiger charge is -2.35. The monoisotopic (exact) mass is 385 g/mol. The fraction of sp³-hybridized carbons (Fsp3) is 0.526. The van der Waals surface area contributed by atoms with E-state index in [1.807, 2.05) is 11.3 Å². The number of hydrogen-bond donors (Lipinski definition) is 0. The molecule has 1 aliphatic carbocycles. The zero-order valence-electron chi connectivity index (χ0n) is 15.1. The summed E-state index contributed by atoms with van der Waals surface area (Å²) in [4.78, 5) is 21.6. The number of piperazine rings is 1. The van der Waals surface area contributed by atoms with Crippen LogP contribution in [0, 0.1) is 6.92 Å². The van der Waals surface area contributed by atoms with Crippen LogP contribution in [0.15, 0.2) is 11.7 Å². The number of thiazole rings is 1. The molecule has 3 aromatic heterocycles. The Morgan fingerprint density at radius 1 is 1.08 bits per heavy atom. The molecule has 5 rings (SSSR count). The number of aryl methyl sites for hydroxylation is 3. The fourth-order valence-corrected chi connectivity index (χ4v) is 5.97. The van der Waals surface area contributed by atoms with Gasteiger partial charge in [-0.1, -0.05) is 0 Å². The van der Waals surface area contributed by atoms with Gasteiger partial charge < -0.3 is 4.90 Å². The molecule has 0 N–H and O–H groups in total. The highest BCUT2D eigenvalue weighted by atomic mass is 32.1. The molecule has 0 bridgehead atoms. The van der Waals surface area contributed by atoms with E-state index in [9.17, 15) is 0 Å². The van der Waals surface area contributed by atoms with Crippen LogP contribution < -0.4 is 4.90 Å². The molecule has 1 saturated heterocycles. The first-order chi connectivity index (χ1) is 12.8. The van der Waals surface area contributed by atoms with Gasteiger partial charge in [-0.2, -0.15) is 0 Å². The molecule has 0 spiro atoms. The number of thiophene rings is 1. The van der Waals surface area contributed by atoms with E-state index in [0.29, 0.717) is 0 Å². The Labute approximate surface area is 161 Å². The molecule has 5 nitrogen and oxygen atoms in total. The maximum Gasteiger partial charge on any atom is 0.141 e. The van der Waals surface area contributed by atoms with E-state index in [-0.39, 0.29) is 0 Å². The first kappa shape index (κ1) is 16.6. The second kappa shape index (κ2) is 6.87. The second-order valence-corrected chi connectivity index (χ2v) is 9.36. The van der Waals surface area contributed by atoms with Crippen LogP contribution in [-0.4, -0.2) is 46.0 Å². The predicted molar refractivity (Wildman–Crippen MR) is 108 cm³/mol. The SMILES string of the molecule is Cc1nc(CN2CCN(c3ncnc4sc5c(c34)CCCC5)CC2)cs1. The molecule has 2 aliphatic rings. The third-order valence-corrected chi connectivity index (χ3v) is 7.48. The summed E-state index contributed by atoms with van der Waals surface area (Å²) in [6.07, 6.45) is 6.78. The van der Waals surface area contributed by atoms with Crippen molar-refractivity contribution in [2.24, 2.45) is 0 Å². The molecule has 4 heterocycles. The van der Waals surface area contributed by atoms with E-state index in [1.165, 1.54) is 53.0 Å². The van der Waals surface area contributed by atoms with Crippen LogP contribution in [0.3, 0.4) is 0 Å². The second-order valence-electron chi connectivity index (χ2n) is 7.21.